The molecule has 2 N–H and O–H groups in total. The zero-order valence-electron chi connectivity index (χ0n) is 45.3. The van der Waals surface area contributed by atoms with Gasteiger partial charge in [-0.25, -0.2) is 4.79 Å². The SMILES string of the molecule is C=C/C=C/C[C@H](OC(=O)C1(NC(=O)C2=CCCCC2)CC1)[C@H](C)[C@H](/C(C)=C\CCc1cc(O[Si](CC)(CC)CC)cc(NC(=O)C[C@H](/C=C/C=C)OC)c1O[Si](CC)(CC)CC)[Si](CC)(CC)CC. The molecule has 0 saturated heterocycles. The van der Waals surface area contributed by atoms with Crippen LogP contribution in [0.25, 0.3) is 0 Å². The quantitative estimate of drug-likeness (QED) is 0.0312. The van der Waals surface area contributed by atoms with Gasteiger partial charge in [0.15, 0.2) is 0 Å². The third-order valence-corrected chi connectivity index (χ3v) is 31.9. The summed E-state index contributed by atoms with van der Waals surface area (Å²) in [4.78, 5) is 41.6. The van der Waals surface area contributed by atoms with Gasteiger partial charge in [-0.2, -0.15) is 0 Å². The maximum Gasteiger partial charge on any atom is 0.332 e. The van der Waals surface area contributed by atoms with E-state index in [-0.39, 0.29) is 41.8 Å². The molecule has 0 bridgehead atoms. The highest BCUT2D eigenvalue weighted by atomic mass is 28.4. The van der Waals surface area contributed by atoms with Crippen molar-refractivity contribution in [1.82, 2.24) is 5.32 Å². The Hall–Kier alpha value is -3.72. The predicted molar refractivity (Wildman–Crippen MR) is 298 cm³/mol. The summed E-state index contributed by atoms with van der Waals surface area (Å²) in [6, 6.07) is 13.4. The van der Waals surface area contributed by atoms with Crippen molar-refractivity contribution in [3.8, 4) is 11.5 Å². The fourth-order valence-electron chi connectivity index (χ4n) is 10.8. The Morgan fingerprint density at radius 2 is 1.43 bits per heavy atom. The lowest BCUT2D eigenvalue weighted by Crippen LogP contribution is -2.48. The fraction of sp³-hybridized carbons (Fsp3) is 0.632. The van der Waals surface area contributed by atoms with Crippen LogP contribution in [0.2, 0.25) is 59.9 Å². The highest BCUT2D eigenvalue weighted by Gasteiger charge is 2.54. The number of anilines is 1. The van der Waals surface area contributed by atoms with E-state index in [1.807, 2.05) is 24.3 Å². The average molecular weight is 1000 g/mol. The molecule has 4 atom stereocenters. The molecule has 2 aliphatic rings. The number of carbonyl (C=O) groups excluding carboxylic acids is 3. The summed E-state index contributed by atoms with van der Waals surface area (Å²) in [7, 11) is -4.71. The molecule has 3 rings (SSSR count). The van der Waals surface area contributed by atoms with Crippen LogP contribution in [-0.2, 0) is 30.3 Å². The number of methoxy groups -OCH3 is 1. The largest absolute Gasteiger partial charge is 0.543 e. The van der Waals surface area contributed by atoms with Gasteiger partial charge in [-0.1, -0.05) is 155 Å². The van der Waals surface area contributed by atoms with Gasteiger partial charge in [0.25, 0.3) is 8.32 Å². The Morgan fingerprint density at radius 1 is 0.826 bits per heavy atom. The smallest absolute Gasteiger partial charge is 0.332 e. The second-order valence-corrected chi connectivity index (χ2v) is 34.7. The van der Waals surface area contributed by atoms with Crippen LogP contribution in [0.15, 0.2) is 85.0 Å². The van der Waals surface area contributed by atoms with E-state index in [1.165, 1.54) is 5.57 Å². The fourth-order valence-corrected chi connectivity index (χ4v) is 21.2. The van der Waals surface area contributed by atoms with Crippen LogP contribution in [0, 0.1) is 5.92 Å². The Balaban J connectivity index is 2.16. The third kappa shape index (κ3) is 16.1. The van der Waals surface area contributed by atoms with Crippen LogP contribution in [0.5, 0.6) is 11.5 Å². The first kappa shape index (κ1) is 59.6. The Kier molecular flexibility index (Phi) is 25.0. The molecule has 2 aliphatic carbocycles. The maximum atomic E-state index is 14.3. The standard InChI is InChI=1S/C57H94N2O7Si3/c1-15-26-29-38-51(64-56(62)57(39-40-57)59-55(61)46-34-30-28-31-35-46)45(13)54(67(17-3,18-4)19-5)44(12)33-32-36-47-41-49(65-68(20-6,21-7)22-8)42-50(53(47)66-69(23-9,24-10)25-11)58-52(60)43-48(63-14)37-27-16-2/h15-16,26-27,29,33-34,37,41-42,45,48,51,54H,1-2,17-25,28,30-32,35-36,38-40,43H2,3-14H3,(H,58,60)(H,59,61)/b29-26+,37-27+,44-33-/t45-,48-,51-,54-/m0/s1. The van der Waals surface area contributed by atoms with Gasteiger partial charge < -0.3 is 29.0 Å². The van der Waals surface area contributed by atoms with Crippen LogP contribution < -0.4 is 19.5 Å². The van der Waals surface area contributed by atoms with E-state index >= 15 is 0 Å². The van der Waals surface area contributed by atoms with E-state index in [0.29, 0.717) is 31.4 Å². The number of amides is 2. The van der Waals surface area contributed by atoms with E-state index < -0.39 is 36.4 Å². The Labute approximate surface area is 422 Å². The topological polar surface area (TPSA) is 112 Å². The molecule has 1 saturated carbocycles. The molecule has 386 valence electrons. The minimum absolute atomic E-state index is 0.0221. The summed E-state index contributed by atoms with van der Waals surface area (Å²) >= 11 is 0. The van der Waals surface area contributed by atoms with Crippen molar-refractivity contribution in [1.29, 1.82) is 0 Å². The normalized spacial score (nSPS) is 17.1. The van der Waals surface area contributed by atoms with Crippen LogP contribution in [0.4, 0.5) is 5.69 Å². The van der Waals surface area contributed by atoms with E-state index in [0.717, 1.165) is 109 Å². The number of carbonyl (C=O) groups is 3. The first-order chi connectivity index (χ1) is 33.1. The van der Waals surface area contributed by atoms with Gasteiger partial charge >= 0.3 is 5.97 Å². The average Bonchev–Trinajstić information content (AvgIpc) is 4.16. The van der Waals surface area contributed by atoms with Crippen LogP contribution >= 0.6 is 0 Å². The maximum absolute atomic E-state index is 14.3. The number of nitrogens with one attached hydrogen (secondary N) is 2. The molecular weight excluding hydrogens is 909 g/mol. The monoisotopic (exact) mass is 1000 g/mol. The Bertz CT molecular complexity index is 1930. The summed E-state index contributed by atoms with van der Waals surface area (Å²) in [5.74, 6) is 0.968. The van der Waals surface area contributed by atoms with Crippen LogP contribution in [-0.4, -0.2) is 67.3 Å². The first-order valence-corrected chi connectivity index (χ1v) is 34.7. The van der Waals surface area contributed by atoms with Gasteiger partial charge in [-0.05, 0) is 118 Å². The highest BCUT2D eigenvalue weighted by molar-refractivity contribution is 6.81. The van der Waals surface area contributed by atoms with Crippen molar-refractivity contribution in [2.45, 2.75) is 218 Å². The summed E-state index contributed by atoms with van der Waals surface area (Å²) in [5, 5.41) is 6.43. The molecule has 2 amide bonds. The van der Waals surface area contributed by atoms with Crippen molar-refractivity contribution in [3.63, 3.8) is 0 Å². The molecule has 1 aromatic carbocycles. The molecule has 0 aliphatic heterocycles. The van der Waals surface area contributed by atoms with Gasteiger partial charge in [0.2, 0.25) is 20.1 Å². The van der Waals surface area contributed by atoms with Crippen molar-refractivity contribution in [2.75, 3.05) is 12.4 Å². The van der Waals surface area contributed by atoms with Gasteiger partial charge in [-0.3, -0.25) is 9.59 Å². The van der Waals surface area contributed by atoms with Gasteiger partial charge in [0, 0.05) is 25.2 Å². The van der Waals surface area contributed by atoms with Crippen LogP contribution in [0.1, 0.15) is 140 Å². The van der Waals surface area contributed by atoms with E-state index in [4.69, 9.17) is 18.3 Å². The van der Waals surface area contributed by atoms with Gasteiger partial charge in [0.1, 0.15) is 23.1 Å². The van der Waals surface area contributed by atoms with E-state index in [2.05, 4.69) is 118 Å². The molecule has 12 heteroatoms. The van der Waals surface area contributed by atoms with Crippen LogP contribution in [0.3, 0.4) is 0 Å². The Morgan fingerprint density at radius 3 is 1.96 bits per heavy atom. The van der Waals surface area contributed by atoms with Crippen molar-refractivity contribution in [3.05, 3.63) is 90.6 Å². The molecule has 1 aromatic rings. The van der Waals surface area contributed by atoms with Crippen molar-refractivity contribution < 1.29 is 32.7 Å². The molecule has 9 nitrogen and oxygen atoms in total. The molecule has 0 radical (unpaired) electrons. The minimum atomic E-state index is -2.23. The number of ether oxygens (including phenoxy) is 2. The molecule has 69 heavy (non-hydrogen) atoms. The number of aryl methyl sites for hydroxylation is 1. The third-order valence-electron chi connectivity index (χ3n) is 16.3. The lowest BCUT2D eigenvalue weighted by molar-refractivity contribution is -0.156. The molecule has 0 spiro atoms. The summed E-state index contributed by atoms with van der Waals surface area (Å²) in [6.45, 7) is 32.8. The summed E-state index contributed by atoms with van der Waals surface area (Å²) in [5.41, 5.74) is 3.10. The molecule has 1 fully saturated rings. The van der Waals surface area contributed by atoms with E-state index in [1.54, 1.807) is 25.3 Å². The minimum Gasteiger partial charge on any atom is -0.543 e. The molecular formula is C57H94N2O7Si3. The van der Waals surface area contributed by atoms with Crippen molar-refractivity contribution >= 4 is 48.2 Å². The highest BCUT2D eigenvalue weighted by Crippen LogP contribution is 2.48. The number of benzene rings is 1. The van der Waals surface area contributed by atoms with Crippen molar-refractivity contribution in [2.24, 2.45) is 5.92 Å². The zero-order valence-corrected chi connectivity index (χ0v) is 48.3. The lowest BCUT2D eigenvalue weighted by Gasteiger charge is -2.44. The van der Waals surface area contributed by atoms with Gasteiger partial charge in [0.05, 0.1) is 26.3 Å². The number of hydrogen-bond donors (Lipinski definition) is 2. The second-order valence-electron chi connectivity index (χ2n) is 19.9. The molecule has 0 unspecified atom stereocenters. The first-order valence-electron chi connectivity index (χ1n) is 26.9. The second kappa shape index (κ2) is 29.0. The number of hydrogen-bond acceptors (Lipinski definition) is 7. The molecule has 0 heterocycles. The summed E-state index contributed by atoms with van der Waals surface area (Å²) in [6.07, 6.45) is 21.9. The number of allylic oxidation sites excluding steroid dienone is 7. The number of rotatable bonds is 33. The molecule has 0 aromatic heterocycles. The zero-order chi connectivity index (χ0) is 51.3. The lowest BCUT2D eigenvalue weighted by atomic mass is 9.92. The summed E-state index contributed by atoms with van der Waals surface area (Å²) < 4.78 is 26.7. The number of esters is 1. The van der Waals surface area contributed by atoms with Gasteiger partial charge in [-0.15, -0.1) is 0 Å². The predicted octanol–water partition coefficient (Wildman–Crippen LogP) is 15.1. The van der Waals surface area contributed by atoms with E-state index in [9.17, 15) is 14.4 Å².